The van der Waals surface area contributed by atoms with E-state index in [1.54, 1.807) is 0 Å². The van der Waals surface area contributed by atoms with E-state index in [2.05, 4.69) is 10.4 Å². The Labute approximate surface area is 124 Å². The predicted octanol–water partition coefficient (Wildman–Crippen LogP) is 1.82. The van der Waals surface area contributed by atoms with Gasteiger partial charge in [-0.25, -0.2) is 0 Å². The van der Waals surface area contributed by atoms with Gasteiger partial charge < -0.3 is 10.4 Å². The number of carbonyl (C=O) groups is 2. The minimum absolute atomic E-state index is 0.0385. The molecule has 21 heavy (non-hydrogen) atoms. The third-order valence-electron chi connectivity index (χ3n) is 4.12. The number of rotatable bonds is 5. The summed E-state index contributed by atoms with van der Waals surface area (Å²) in [6.45, 7) is 5.83. The van der Waals surface area contributed by atoms with Crippen LogP contribution in [0.15, 0.2) is 6.07 Å². The van der Waals surface area contributed by atoms with Gasteiger partial charge in [-0.15, -0.1) is 0 Å². The standard InChI is InChI=1S/C15H23N3O3/c1-9-7-10(2)18(17-9)11(3)8-14(19)16-13-6-4-5-12(13)15(20)21/h7,11-13H,4-6,8H2,1-3H3,(H,16,19)(H,20,21)/t11?,12-,13+/m0/s1. The van der Waals surface area contributed by atoms with Crippen LogP contribution in [0.1, 0.15) is 50.0 Å². The molecule has 1 heterocycles. The molecule has 0 aromatic carbocycles. The average Bonchev–Trinajstić information content (AvgIpc) is 2.95. The number of nitrogens with one attached hydrogen (secondary N) is 1. The van der Waals surface area contributed by atoms with Crippen LogP contribution in [0.2, 0.25) is 0 Å². The second-order valence-corrected chi connectivity index (χ2v) is 5.97. The highest BCUT2D eigenvalue weighted by molar-refractivity contribution is 5.78. The van der Waals surface area contributed by atoms with E-state index in [1.807, 2.05) is 31.5 Å². The molecule has 3 atom stereocenters. The van der Waals surface area contributed by atoms with Crippen LogP contribution in [0.25, 0.3) is 0 Å². The van der Waals surface area contributed by atoms with Crippen LogP contribution in [0.3, 0.4) is 0 Å². The normalized spacial score (nSPS) is 23.0. The molecule has 1 fully saturated rings. The van der Waals surface area contributed by atoms with Crippen LogP contribution in [0, 0.1) is 19.8 Å². The summed E-state index contributed by atoms with van der Waals surface area (Å²) in [4.78, 5) is 23.2. The molecule has 0 radical (unpaired) electrons. The van der Waals surface area contributed by atoms with Gasteiger partial charge >= 0.3 is 5.97 Å². The highest BCUT2D eigenvalue weighted by Gasteiger charge is 2.34. The van der Waals surface area contributed by atoms with Gasteiger partial charge in [-0.05, 0) is 39.7 Å². The smallest absolute Gasteiger partial charge is 0.308 e. The first-order chi connectivity index (χ1) is 9.88. The van der Waals surface area contributed by atoms with Crippen molar-refractivity contribution in [1.82, 2.24) is 15.1 Å². The maximum atomic E-state index is 12.1. The molecule has 116 valence electrons. The molecule has 1 aliphatic rings. The molecule has 6 heteroatoms. The third kappa shape index (κ3) is 3.62. The van der Waals surface area contributed by atoms with Crippen molar-refractivity contribution in [2.75, 3.05) is 0 Å². The van der Waals surface area contributed by atoms with Crippen LogP contribution in [-0.4, -0.2) is 32.8 Å². The maximum Gasteiger partial charge on any atom is 0.308 e. The maximum absolute atomic E-state index is 12.1. The first-order valence-electron chi connectivity index (χ1n) is 7.43. The summed E-state index contributed by atoms with van der Waals surface area (Å²) in [5.74, 6) is -1.37. The SMILES string of the molecule is Cc1cc(C)n(C(C)CC(=O)N[C@@H]2CCC[C@@H]2C(=O)O)n1. The topological polar surface area (TPSA) is 84.2 Å². The van der Waals surface area contributed by atoms with E-state index >= 15 is 0 Å². The van der Waals surface area contributed by atoms with Crippen molar-refractivity contribution in [1.29, 1.82) is 0 Å². The van der Waals surface area contributed by atoms with Crippen LogP contribution >= 0.6 is 0 Å². The van der Waals surface area contributed by atoms with Gasteiger partial charge in [0.15, 0.2) is 0 Å². The Morgan fingerprint density at radius 1 is 1.48 bits per heavy atom. The number of nitrogens with zero attached hydrogens (tertiary/aromatic N) is 2. The Kier molecular flexibility index (Phi) is 4.65. The van der Waals surface area contributed by atoms with Gasteiger partial charge in [-0.1, -0.05) is 6.42 Å². The number of aryl methyl sites for hydroxylation is 2. The number of hydrogen-bond acceptors (Lipinski definition) is 3. The Hall–Kier alpha value is -1.85. The fourth-order valence-electron chi connectivity index (χ4n) is 3.14. The van der Waals surface area contributed by atoms with Crippen molar-refractivity contribution in [2.45, 2.75) is 58.5 Å². The fourth-order valence-corrected chi connectivity index (χ4v) is 3.14. The zero-order valence-corrected chi connectivity index (χ0v) is 12.8. The molecule has 0 bridgehead atoms. The van der Waals surface area contributed by atoms with Crippen LogP contribution in [0.4, 0.5) is 0 Å². The van der Waals surface area contributed by atoms with Crippen molar-refractivity contribution in [3.8, 4) is 0 Å². The van der Waals surface area contributed by atoms with Crippen molar-refractivity contribution < 1.29 is 14.7 Å². The number of aromatic nitrogens is 2. The molecule has 1 saturated carbocycles. The monoisotopic (exact) mass is 293 g/mol. The summed E-state index contributed by atoms with van der Waals surface area (Å²) in [7, 11) is 0. The highest BCUT2D eigenvalue weighted by Crippen LogP contribution is 2.26. The lowest BCUT2D eigenvalue weighted by molar-refractivity contribution is -0.142. The molecule has 2 N–H and O–H groups in total. The number of carbonyl (C=O) groups excluding carboxylic acids is 1. The first kappa shape index (κ1) is 15.5. The zero-order chi connectivity index (χ0) is 15.6. The van der Waals surface area contributed by atoms with Crippen molar-refractivity contribution in [3.63, 3.8) is 0 Å². The molecule has 1 unspecified atom stereocenters. The van der Waals surface area contributed by atoms with E-state index in [1.165, 1.54) is 0 Å². The van der Waals surface area contributed by atoms with Crippen molar-refractivity contribution in [3.05, 3.63) is 17.5 Å². The third-order valence-corrected chi connectivity index (χ3v) is 4.12. The van der Waals surface area contributed by atoms with Gasteiger partial charge in [0.05, 0.1) is 17.7 Å². The minimum atomic E-state index is -0.815. The predicted molar refractivity (Wildman–Crippen MR) is 77.9 cm³/mol. The Balaban J connectivity index is 1.92. The first-order valence-corrected chi connectivity index (χ1v) is 7.43. The minimum Gasteiger partial charge on any atom is -0.481 e. The van der Waals surface area contributed by atoms with Gasteiger partial charge in [0.1, 0.15) is 0 Å². The molecule has 1 amide bonds. The van der Waals surface area contributed by atoms with Crippen LogP contribution < -0.4 is 5.32 Å². The molecule has 1 aromatic rings. The van der Waals surface area contributed by atoms with E-state index in [4.69, 9.17) is 5.11 Å². The van der Waals surface area contributed by atoms with Gasteiger partial charge in [-0.2, -0.15) is 5.10 Å². The summed E-state index contributed by atoms with van der Waals surface area (Å²) in [5.41, 5.74) is 1.96. The molecule has 0 aliphatic heterocycles. The van der Waals surface area contributed by atoms with Gasteiger partial charge in [-0.3, -0.25) is 14.3 Å². The number of carboxylic acids is 1. The van der Waals surface area contributed by atoms with Crippen LogP contribution in [0.5, 0.6) is 0 Å². The van der Waals surface area contributed by atoms with Crippen LogP contribution in [-0.2, 0) is 9.59 Å². The van der Waals surface area contributed by atoms with Gasteiger partial charge in [0.2, 0.25) is 5.91 Å². The lowest BCUT2D eigenvalue weighted by Gasteiger charge is -2.20. The molecular formula is C15H23N3O3. The van der Waals surface area contributed by atoms with Crippen molar-refractivity contribution >= 4 is 11.9 Å². The van der Waals surface area contributed by atoms with Crippen molar-refractivity contribution in [2.24, 2.45) is 5.92 Å². The summed E-state index contributed by atoms with van der Waals surface area (Å²) >= 11 is 0. The average molecular weight is 293 g/mol. The number of amides is 1. The largest absolute Gasteiger partial charge is 0.481 e. The van der Waals surface area contributed by atoms with E-state index in [0.717, 1.165) is 24.2 Å². The Morgan fingerprint density at radius 3 is 2.76 bits per heavy atom. The Morgan fingerprint density at radius 2 is 2.19 bits per heavy atom. The molecule has 1 aromatic heterocycles. The second-order valence-electron chi connectivity index (χ2n) is 5.97. The van der Waals surface area contributed by atoms with Gasteiger partial charge in [0.25, 0.3) is 0 Å². The molecule has 0 saturated heterocycles. The lowest BCUT2D eigenvalue weighted by atomic mass is 10.0. The summed E-state index contributed by atoms with van der Waals surface area (Å²) < 4.78 is 1.85. The fraction of sp³-hybridized carbons (Fsp3) is 0.667. The lowest BCUT2D eigenvalue weighted by Crippen LogP contribution is -2.40. The van der Waals surface area contributed by atoms with E-state index < -0.39 is 11.9 Å². The van der Waals surface area contributed by atoms with E-state index in [-0.39, 0.29) is 18.0 Å². The molecule has 2 rings (SSSR count). The molecule has 1 aliphatic carbocycles. The van der Waals surface area contributed by atoms with E-state index in [0.29, 0.717) is 12.8 Å². The summed E-state index contributed by atoms with van der Waals surface area (Å²) in [6, 6.07) is 1.71. The van der Waals surface area contributed by atoms with Gasteiger partial charge in [0, 0.05) is 18.2 Å². The summed E-state index contributed by atoms with van der Waals surface area (Å²) in [5, 5.41) is 16.4. The quantitative estimate of drug-likeness (QED) is 0.867. The molecule has 0 spiro atoms. The number of hydrogen-bond donors (Lipinski definition) is 2. The molecule has 6 nitrogen and oxygen atoms in total. The number of aliphatic carboxylic acids is 1. The summed E-state index contributed by atoms with van der Waals surface area (Å²) in [6.07, 6.45) is 2.56. The highest BCUT2D eigenvalue weighted by atomic mass is 16.4. The molecular weight excluding hydrogens is 270 g/mol. The second kappa shape index (κ2) is 6.28. The van der Waals surface area contributed by atoms with E-state index in [9.17, 15) is 9.59 Å². The number of carboxylic acid groups (broad SMARTS) is 1. The zero-order valence-electron chi connectivity index (χ0n) is 12.8. The Bertz CT molecular complexity index is 538.